The summed E-state index contributed by atoms with van der Waals surface area (Å²) in [5.74, 6) is -0.685. The molecule has 9 heteroatoms. The van der Waals surface area contributed by atoms with Gasteiger partial charge in [-0.25, -0.2) is 0 Å². The number of hydrogen-bond donors (Lipinski definition) is 3. The number of benzene rings is 2. The number of phenolic OH excluding ortho intramolecular Hbond substituents is 1. The number of rotatable bonds is 3. The van der Waals surface area contributed by atoms with E-state index in [1.807, 2.05) is 6.07 Å². The highest BCUT2D eigenvalue weighted by molar-refractivity contribution is 7.18. The first-order chi connectivity index (χ1) is 13.0. The molecular formula is C18H11ClN4O3S. The number of nitrogens with zero attached hydrogens (tertiary/aromatic N) is 2. The van der Waals surface area contributed by atoms with Gasteiger partial charge in [0, 0.05) is 17.0 Å². The molecule has 0 unspecified atom stereocenters. The number of amides is 1. The van der Waals surface area contributed by atoms with E-state index in [-0.39, 0.29) is 27.5 Å². The number of halogens is 1. The Labute approximate surface area is 161 Å². The molecule has 0 aliphatic carbocycles. The third-order valence-electron chi connectivity index (χ3n) is 3.84. The maximum absolute atomic E-state index is 12.5. The Morgan fingerprint density at radius 3 is 2.78 bits per heavy atom. The molecule has 0 bridgehead atoms. The smallest absolute Gasteiger partial charge is 0.274 e. The summed E-state index contributed by atoms with van der Waals surface area (Å²) < 4.78 is 0. The van der Waals surface area contributed by atoms with Crippen LogP contribution in [-0.4, -0.2) is 26.2 Å². The van der Waals surface area contributed by atoms with Crippen LogP contribution >= 0.6 is 22.9 Å². The normalized spacial score (nSPS) is 10.9. The molecule has 134 valence electrons. The lowest BCUT2D eigenvalue weighted by Crippen LogP contribution is -2.17. The summed E-state index contributed by atoms with van der Waals surface area (Å²) in [5.41, 5.74) is 0.535. The Bertz CT molecular complexity index is 1230. The molecule has 0 radical (unpaired) electrons. The molecule has 2 aromatic heterocycles. The minimum absolute atomic E-state index is 0.00323. The van der Waals surface area contributed by atoms with Crippen molar-refractivity contribution in [3.05, 3.63) is 69.5 Å². The van der Waals surface area contributed by atoms with Crippen molar-refractivity contribution in [2.45, 2.75) is 0 Å². The summed E-state index contributed by atoms with van der Waals surface area (Å²) in [4.78, 5) is 27.4. The molecule has 2 aromatic carbocycles. The largest absolute Gasteiger partial charge is 0.506 e. The van der Waals surface area contributed by atoms with Crippen LogP contribution < -0.4 is 10.7 Å². The van der Waals surface area contributed by atoms with Crippen LogP contribution in [0.1, 0.15) is 10.5 Å². The quantitative estimate of drug-likeness (QED) is 0.488. The number of aromatic nitrogens is 3. The molecule has 3 N–H and O–H groups in total. The van der Waals surface area contributed by atoms with Gasteiger partial charge in [-0.3, -0.25) is 14.9 Å². The minimum atomic E-state index is -0.570. The van der Waals surface area contributed by atoms with E-state index in [4.69, 9.17) is 11.6 Å². The first-order valence-electron chi connectivity index (χ1n) is 7.78. The Hall–Kier alpha value is -3.23. The van der Waals surface area contributed by atoms with Crippen molar-refractivity contribution >= 4 is 44.9 Å². The van der Waals surface area contributed by atoms with Crippen molar-refractivity contribution in [2.75, 3.05) is 5.32 Å². The van der Waals surface area contributed by atoms with Crippen molar-refractivity contribution in [2.24, 2.45) is 0 Å². The second-order valence-corrected chi connectivity index (χ2v) is 6.98. The third-order valence-corrected chi connectivity index (χ3v) is 5.04. The number of fused-ring (bicyclic) bond motifs is 1. The van der Waals surface area contributed by atoms with E-state index in [9.17, 15) is 14.7 Å². The van der Waals surface area contributed by atoms with Gasteiger partial charge in [0.15, 0.2) is 10.4 Å². The summed E-state index contributed by atoms with van der Waals surface area (Å²) >= 11 is 7.30. The van der Waals surface area contributed by atoms with E-state index < -0.39 is 5.91 Å². The number of anilines is 1. The molecule has 4 aromatic rings. The first kappa shape index (κ1) is 17.2. The second-order valence-electron chi connectivity index (χ2n) is 5.59. The summed E-state index contributed by atoms with van der Waals surface area (Å²) in [6, 6.07) is 12.9. The number of carbonyl (C=O) groups excluding carboxylic acids is 1. The van der Waals surface area contributed by atoms with Gasteiger partial charge in [0.25, 0.3) is 5.91 Å². The minimum Gasteiger partial charge on any atom is -0.506 e. The van der Waals surface area contributed by atoms with Gasteiger partial charge >= 0.3 is 0 Å². The number of aromatic hydroxyl groups is 1. The molecule has 7 nitrogen and oxygen atoms in total. The second kappa shape index (κ2) is 6.82. The number of phenols is 1. The van der Waals surface area contributed by atoms with Gasteiger partial charge in [0.1, 0.15) is 11.4 Å². The predicted molar refractivity (Wildman–Crippen MR) is 105 cm³/mol. The van der Waals surface area contributed by atoms with Gasteiger partial charge in [-0.05, 0) is 18.2 Å². The number of para-hydroxylation sites is 1. The summed E-state index contributed by atoms with van der Waals surface area (Å²) in [6.45, 7) is 0. The van der Waals surface area contributed by atoms with E-state index in [0.29, 0.717) is 21.0 Å². The highest BCUT2D eigenvalue weighted by atomic mass is 35.5. The van der Waals surface area contributed by atoms with Crippen molar-refractivity contribution < 1.29 is 9.90 Å². The molecule has 0 fully saturated rings. The molecule has 0 spiro atoms. The zero-order valence-corrected chi connectivity index (χ0v) is 15.1. The van der Waals surface area contributed by atoms with Crippen LogP contribution in [0.5, 0.6) is 5.75 Å². The molecule has 0 aliphatic rings. The van der Waals surface area contributed by atoms with Gasteiger partial charge in [0.2, 0.25) is 5.13 Å². The van der Waals surface area contributed by atoms with E-state index in [0.717, 1.165) is 11.3 Å². The van der Waals surface area contributed by atoms with Gasteiger partial charge in [0.05, 0.1) is 10.5 Å². The standard InChI is InChI=1S/C18H11ClN4O3S/c19-11-6-2-1-4-9(11)17-22-23-18(27-17)21-16(26)12-8-14(25)10-5-3-7-13(24)15(10)20-12/h1-8,24H,(H,20,25)(H,21,23,26). The first-order valence-corrected chi connectivity index (χ1v) is 8.97. The van der Waals surface area contributed by atoms with Crippen LogP contribution in [-0.2, 0) is 0 Å². The average Bonchev–Trinajstić information content (AvgIpc) is 3.11. The molecule has 0 saturated carbocycles. The molecular weight excluding hydrogens is 388 g/mol. The highest BCUT2D eigenvalue weighted by Crippen LogP contribution is 2.31. The number of nitrogens with one attached hydrogen (secondary N) is 2. The van der Waals surface area contributed by atoms with Crippen LogP contribution in [0, 0.1) is 0 Å². The van der Waals surface area contributed by atoms with Crippen LogP contribution in [0.3, 0.4) is 0 Å². The van der Waals surface area contributed by atoms with Gasteiger partial charge < -0.3 is 10.1 Å². The predicted octanol–water partition coefficient (Wildman–Crippen LogP) is 3.66. The number of hydrogen-bond acceptors (Lipinski definition) is 6. The zero-order valence-electron chi connectivity index (χ0n) is 13.6. The molecule has 27 heavy (non-hydrogen) atoms. The lowest BCUT2D eigenvalue weighted by molar-refractivity contribution is 0.102. The molecule has 0 aliphatic heterocycles. The lowest BCUT2D eigenvalue weighted by atomic mass is 10.2. The number of pyridine rings is 1. The third kappa shape index (κ3) is 3.27. The fourth-order valence-corrected chi connectivity index (χ4v) is 3.62. The van der Waals surface area contributed by atoms with E-state index in [1.165, 1.54) is 12.1 Å². The molecule has 4 rings (SSSR count). The van der Waals surface area contributed by atoms with Crippen LogP contribution in [0.4, 0.5) is 5.13 Å². The topological polar surface area (TPSA) is 108 Å². The lowest BCUT2D eigenvalue weighted by Gasteiger charge is -2.05. The van der Waals surface area contributed by atoms with Crippen molar-refractivity contribution in [3.63, 3.8) is 0 Å². The van der Waals surface area contributed by atoms with E-state index >= 15 is 0 Å². The maximum Gasteiger partial charge on any atom is 0.274 e. The fourth-order valence-electron chi connectivity index (χ4n) is 2.56. The SMILES string of the molecule is O=C(Nc1nnc(-c2ccccc2Cl)s1)c1cc(=O)c2cccc(O)c2[nH]1. The van der Waals surface area contributed by atoms with Crippen LogP contribution in [0.15, 0.2) is 53.3 Å². The van der Waals surface area contributed by atoms with Crippen LogP contribution in [0.2, 0.25) is 5.02 Å². The van der Waals surface area contributed by atoms with E-state index in [1.54, 1.807) is 30.3 Å². The summed E-state index contributed by atoms with van der Waals surface area (Å²) in [5, 5.41) is 22.1. The summed E-state index contributed by atoms with van der Waals surface area (Å²) in [7, 11) is 0. The Morgan fingerprint density at radius 2 is 1.96 bits per heavy atom. The van der Waals surface area contributed by atoms with Crippen molar-refractivity contribution in [1.82, 2.24) is 15.2 Å². The average molecular weight is 399 g/mol. The molecule has 2 heterocycles. The maximum atomic E-state index is 12.5. The number of H-pyrrole nitrogens is 1. The van der Waals surface area contributed by atoms with Gasteiger partial charge in [-0.2, -0.15) is 0 Å². The zero-order chi connectivity index (χ0) is 19.0. The van der Waals surface area contributed by atoms with Crippen LogP contribution in [0.25, 0.3) is 21.5 Å². The van der Waals surface area contributed by atoms with Crippen molar-refractivity contribution in [1.29, 1.82) is 0 Å². The Balaban J connectivity index is 1.64. The monoisotopic (exact) mass is 398 g/mol. The Kier molecular flexibility index (Phi) is 4.35. The van der Waals surface area contributed by atoms with Gasteiger partial charge in [-0.15, -0.1) is 10.2 Å². The molecule has 0 saturated heterocycles. The summed E-state index contributed by atoms with van der Waals surface area (Å²) in [6.07, 6.45) is 0. The molecule has 1 amide bonds. The van der Waals surface area contributed by atoms with Gasteiger partial charge in [-0.1, -0.05) is 47.2 Å². The molecule has 0 atom stereocenters. The number of aromatic amines is 1. The fraction of sp³-hybridized carbons (Fsp3) is 0. The number of carbonyl (C=O) groups is 1. The highest BCUT2D eigenvalue weighted by Gasteiger charge is 2.15. The Morgan fingerprint density at radius 1 is 1.15 bits per heavy atom. The van der Waals surface area contributed by atoms with E-state index in [2.05, 4.69) is 20.5 Å². The van der Waals surface area contributed by atoms with Crippen molar-refractivity contribution in [3.8, 4) is 16.3 Å².